The van der Waals surface area contributed by atoms with E-state index in [4.69, 9.17) is 10.8 Å². The van der Waals surface area contributed by atoms with E-state index in [1.807, 2.05) is 24.1 Å². The van der Waals surface area contributed by atoms with E-state index in [1.165, 1.54) is 0 Å². The van der Waals surface area contributed by atoms with E-state index in [9.17, 15) is 4.79 Å². The number of rotatable bonds is 5. The van der Waals surface area contributed by atoms with Gasteiger partial charge in [0.1, 0.15) is 0 Å². The fourth-order valence-corrected chi connectivity index (χ4v) is 1.38. The number of primary amides is 1. The van der Waals surface area contributed by atoms with Crippen LogP contribution in [0.5, 0.6) is 0 Å². The molecule has 0 bridgehead atoms. The largest absolute Gasteiger partial charge is 0.395 e. The number of carbonyl (C=O) groups excluding carboxylic acids is 1. The Morgan fingerprint density at radius 2 is 2.27 bits per heavy atom. The Morgan fingerprint density at radius 1 is 1.53 bits per heavy atom. The number of amides is 1. The standard InChI is InChI=1S/C11H16N2O2/c1-13(5-6-14)8-9-3-2-4-10(7-9)11(12)15/h2-4,7,14H,5-6,8H2,1H3,(H2,12,15). The summed E-state index contributed by atoms with van der Waals surface area (Å²) in [6.07, 6.45) is 0. The van der Waals surface area contributed by atoms with Crippen LogP contribution < -0.4 is 5.73 Å². The van der Waals surface area contributed by atoms with Crippen molar-refractivity contribution in [1.29, 1.82) is 0 Å². The van der Waals surface area contributed by atoms with Gasteiger partial charge in [0, 0.05) is 18.7 Å². The molecular weight excluding hydrogens is 192 g/mol. The molecule has 1 rings (SSSR count). The van der Waals surface area contributed by atoms with Crippen molar-refractivity contribution in [2.45, 2.75) is 6.54 Å². The van der Waals surface area contributed by atoms with E-state index in [0.717, 1.165) is 5.56 Å². The number of aliphatic hydroxyl groups is 1. The van der Waals surface area contributed by atoms with Gasteiger partial charge >= 0.3 is 0 Å². The van der Waals surface area contributed by atoms with Gasteiger partial charge in [-0.3, -0.25) is 9.69 Å². The third-order valence-electron chi connectivity index (χ3n) is 2.15. The predicted octanol–water partition coefficient (Wildman–Crippen LogP) is 0.210. The molecule has 1 aromatic carbocycles. The first-order valence-corrected chi connectivity index (χ1v) is 4.81. The van der Waals surface area contributed by atoms with Gasteiger partial charge in [0.15, 0.2) is 0 Å². The highest BCUT2D eigenvalue weighted by atomic mass is 16.3. The molecule has 0 unspecified atom stereocenters. The molecule has 0 aromatic heterocycles. The molecule has 0 saturated heterocycles. The number of carbonyl (C=O) groups is 1. The molecule has 0 fully saturated rings. The van der Waals surface area contributed by atoms with Crippen LogP contribution in [0.4, 0.5) is 0 Å². The number of likely N-dealkylation sites (N-methyl/N-ethyl adjacent to an activating group) is 1. The van der Waals surface area contributed by atoms with Crippen molar-refractivity contribution in [3.05, 3.63) is 35.4 Å². The molecule has 0 spiro atoms. The molecule has 82 valence electrons. The summed E-state index contributed by atoms with van der Waals surface area (Å²) in [7, 11) is 1.91. The molecule has 3 N–H and O–H groups in total. The van der Waals surface area contributed by atoms with Gasteiger partial charge in [0.2, 0.25) is 5.91 Å². The summed E-state index contributed by atoms with van der Waals surface area (Å²) in [6.45, 7) is 1.44. The molecular formula is C11H16N2O2. The molecule has 1 amide bonds. The van der Waals surface area contributed by atoms with E-state index < -0.39 is 5.91 Å². The van der Waals surface area contributed by atoms with Gasteiger partial charge in [-0.25, -0.2) is 0 Å². The van der Waals surface area contributed by atoms with Crippen LogP contribution in [-0.4, -0.2) is 36.1 Å². The molecule has 0 aliphatic heterocycles. The van der Waals surface area contributed by atoms with Crippen LogP contribution in [0.1, 0.15) is 15.9 Å². The van der Waals surface area contributed by atoms with Gasteiger partial charge in [-0.1, -0.05) is 12.1 Å². The van der Waals surface area contributed by atoms with E-state index in [2.05, 4.69) is 0 Å². The predicted molar refractivity (Wildman–Crippen MR) is 58.4 cm³/mol. The van der Waals surface area contributed by atoms with Crippen LogP contribution in [-0.2, 0) is 6.54 Å². The minimum atomic E-state index is -0.415. The number of nitrogens with zero attached hydrogens (tertiary/aromatic N) is 1. The zero-order chi connectivity index (χ0) is 11.3. The first-order valence-electron chi connectivity index (χ1n) is 4.81. The Morgan fingerprint density at radius 3 is 2.87 bits per heavy atom. The lowest BCUT2D eigenvalue weighted by Crippen LogP contribution is -2.21. The number of nitrogens with two attached hydrogens (primary N) is 1. The maximum Gasteiger partial charge on any atom is 0.248 e. The molecule has 15 heavy (non-hydrogen) atoms. The van der Waals surface area contributed by atoms with Gasteiger partial charge in [0.25, 0.3) is 0 Å². The molecule has 0 radical (unpaired) electrons. The highest BCUT2D eigenvalue weighted by molar-refractivity contribution is 5.92. The second-order valence-corrected chi connectivity index (χ2v) is 3.53. The van der Waals surface area contributed by atoms with Crippen molar-refractivity contribution in [2.24, 2.45) is 5.73 Å². The van der Waals surface area contributed by atoms with E-state index >= 15 is 0 Å². The SMILES string of the molecule is CN(CCO)Cc1cccc(C(N)=O)c1. The Balaban J connectivity index is 2.69. The van der Waals surface area contributed by atoms with Crippen LogP contribution in [0.3, 0.4) is 0 Å². The molecule has 0 aliphatic carbocycles. The number of hydrogen-bond acceptors (Lipinski definition) is 3. The molecule has 1 aromatic rings. The minimum Gasteiger partial charge on any atom is -0.395 e. The van der Waals surface area contributed by atoms with E-state index in [1.54, 1.807) is 12.1 Å². The molecule has 4 nitrogen and oxygen atoms in total. The fraction of sp³-hybridized carbons (Fsp3) is 0.364. The van der Waals surface area contributed by atoms with E-state index in [0.29, 0.717) is 18.7 Å². The topological polar surface area (TPSA) is 66.6 Å². The van der Waals surface area contributed by atoms with Crippen molar-refractivity contribution >= 4 is 5.91 Å². The van der Waals surface area contributed by atoms with E-state index in [-0.39, 0.29) is 6.61 Å². The van der Waals surface area contributed by atoms with Crippen LogP contribution >= 0.6 is 0 Å². The lowest BCUT2D eigenvalue weighted by molar-refractivity contribution is 0.1000. The average molecular weight is 208 g/mol. The quantitative estimate of drug-likeness (QED) is 0.727. The molecule has 0 saturated carbocycles. The van der Waals surface area contributed by atoms with Gasteiger partial charge in [-0.2, -0.15) is 0 Å². The number of benzene rings is 1. The molecule has 0 aliphatic rings. The molecule has 4 heteroatoms. The van der Waals surface area contributed by atoms with Gasteiger partial charge < -0.3 is 10.8 Å². The second-order valence-electron chi connectivity index (χ2n) is 3.53. The third kappa shape index (κ3) is 3.69. The highest BCUT2D eigenvalue weighted by Gasteiger charge is 2.03. The Kier molecular flexibility index (Phi) is 4.27. The molecule has 0 atom stereocenters. The van der Waals surface area contributed by atoms with Gasteiger partial charge in [-0.05, 0) is 24.7 Å². The maximum atomic E-state index is 10.9. The van der Waals surface area contributed by atoms with Crippen molar-refractivity contribution in [3.63, 3.8) is 0 Å². The Hall–Kier alpha value is -1.39. The van der Waals surface area contributed by atoms with Crippen molar-refractivity contribution < 1.29 is 9.90 Å². The first kappa shape index (κ1) is 11.7. The second kappa shape index (κ2) is 5.48. The average Bonchev–Trinajstić information content (AvgIpc) is 2.18. The summed E-state index contributed by atoms with van der Waals surface area (Å²) in [5.41, 5.74) is 6.71. The summed E-state index contributed by atoms with van der Waals surface area (Å²) in [4.78, 5) is 12.9. The maximum absolute atomic E-state index is 10.9. The summed E-state index contributed by atoms with van der Waals surface area (Å²) in [5, 5.41) is 8.74. The minimum absolute atomic E-state index is 0.131. The van der Waals surface area contributed by atoms with Crippen LogP contribution in [0.25, 0.3) is 0 Å². The van der Waals surface area contributed by atoms with Crippen LogP contribution in [0.15, 0.2) is 24.3 Å². The highest BCUT2D eigenvalue weighted by Crippen LogP contribution is 2.06. The fourth-order valence-electron chi connectivity index (χ4n) is 1.38. The normalized spacial score (nSPS) is 10.6. The van der Waals surface area contributed by atoms with Crippen LogP contribution in [0.2, 0.25) is 0 Å². The monoisotopic (exact) mass is 208 g/mol. The summed E-state index contributed by atoms with van der Waals surface area (Å²) in [5.74, 6) is -0.415. The van der Waals surface area contributed by atoms with Crippen molar-refractivity contribution in [1.82, 2.24) is 4.90 Å². The zero-order valence-corrected chi connectivity index (χ0v) is 8.81. The lowest BCUT2D eigenvalue weighted by Gasteiger charge is -2.15. The third-order valence-corrected chi connectivity index (χ3v) is 2.15. The first-order chi connectivity index (χ1) is 7.13. The summed E-state index contributed by atoms with van der Waals surface area (Å²) < 4.78 is 0. The smallest absolute Gasteiger partial charge is 0.248 e. The number of hydrogen-bond donors (Lipinski definition) is 2. The number of aliphatic hydroxyl groups excluding tert-OH is 1. The zero-order valence-electron chi connectivity index (χ0n) is 8.81. The summed E-state index contributed by atoms with van der Waals surface area (Å²) in [6, 6.07) is 7.20. The lowest BCUT2D eigenvalue weighted by atomic mass is 10.1. The summed E-state index contributed by atoms with van der Waals surface area (Å²) >= 11 is 0. The molecule has 0 heterocycles. The van der Waals surface area contributed by atoms with Crippen molar-refractivity contribution in [3.8, 4) is 0 Å². The van der Waals surface area contributed by atoms with Gasteiger partial charge in [-0.15, -0.1) is 0 Å². The Bertz CT molecular complexity index is 339. The van der Waals surface area contributed by atoms with Crippen molar-refractivity contribution in [2.75, 3.05) is 20.2 Å². The Labute approximate surface area is 89.3 Å². The van der Waals surface area contributed by atoms with Crippen LogP contribution in [0, 0.1) is 0 Å². The van der Waals surface area contributed by atoms with Gasteiger partial charge in [0.05, 0.1) is 6.61 Å².